The largest absolute Gasteiger partial charge is 0.507 e. The van der Waals surface area contributed by atoms with Crippen LogP contribution in [0.5, 0.6) is 17.2 Å². The molecular weight excluding hydrogens is 346 g/mol. The number of fused-ring (bicyclic) bond motifs is 1. The number of ether oxygens (including phenoxy) is 2. The zero-order valence-electron chi connectivity index (χ0n) is 12.1. The maximum absolute atomic E-state index is 9.83. The van der Waals surface area contributed by atoms with Crippen LogP contribution in [0.25, 0.3) is 0 Å². The van der Waals surface area contributed by atoms with Crippen LogP contribution in [0.4, 0.5) is 0 Å². The molecule has 0 saturated carbocycles. The fourth-order valence-electron chi connectivity index (χ4n) is 2.23. The zero-order valence-corrected chi connectivity index (χ0v) is 13.7. The molecular formula is C17H16BrNO3. The summed E-state index contributed by atoms with van der Waals surface area (Å²) < 4.78 is 12.0. The predicted octanol–water partition coefficient (Wildman–Crippen LogP) is 4.11. The molecule has 1 N–H and O–H groups in total. The highest BCUT2D eigenvalue weighted by molar-refractivity contribution is 9.10. The first-order chi connectivity index (χ1) is 10.6. The van der Waals surface area contributed by atoms with Crippen molar-refractivity contribution in [1.29, 1.82) is 0 Å². The van der Waals surface area contributed by atoms with Gasteiger partial charge in [-0.05, 0) is 42.8 Å². The van der Waals surface area contributed by atoms with E-state index in [4.69, 9.17) is 9.47 Å². The first-order valence-electron chi connectivity index (χ1n) is 7.05. The van der Waals surface area contributed by atoms with Gasteiger partial charge in [-0.25, -0.2) is 0 Å². The average molecular weight is 362 g/mol. The number of aromatic hydroxyl groups is 1. The molecule has 4 nitrogen and oxygen atoms in total. The summed E-state index contributed by atoms with van der Waals surface area (Å²) in [6, 6.07) is 11.1. The minimum absolute atomic E-state index is 0.0470. The number of halogens is 1. The van der Waals surface area contributed by atoms with Gasteiger partial charge in [0.1, 0.15) is 19.0 Å². The van der Waals surface area contributed by atoms with Gasteiger partial charge >= 0.3 is 0 Å². The van der Waals surface area contributed by atoms with E-state index in [2.05, 4.69) is 20.9 Å². The molecule has 2 aromatic rings. The van der Waals surface area contributed by atoms with Gasteiger partial charge in [0, 0.05) is 16.3 Å². The minimum Gasteiger partial charge on any atom is -0.507 e. The van der Waals surface area contributed by atoms with E-state index in [1.165, 1.54) is 0 Å². The molecule has 0 radical (unpaired) electrons. The average Bonchev–Trinajstić information content (AvgIpc) is 2.55. The number of phenolic OH excluding ortho intramolecular Hbond substituents is 1. The van der Waals surface area contributed by atoms with E-state index < -0.39 is 0 Å². The third-order valence-electron chi connectivity index (χ3n) is 3.48. The Kier molecular flexibility index (Phi) is 4.34. The summed E-state index contributed by atoms with van der Waals surface area (Å²) in [5.41, 5.74) is 1.72. The normalized spacial score (nSPS) is 15.0. The van der Waals surface area contributed by atoms with Crippen LogP contribution in [0.3, 0.4) is 0 Å². The van der Waals surface area contributed by atoms with Crippen LogP contribution in [-0.4, -0.2) is 24.5 Å². The van der Waals surface area contributed by atoms with Crippen LogP contribution in [-0.2, 0) is 0 Å². The summed E-state index contributed by atoms with van der Waals surface area (Å²) in [5, 5.41) is 9.83. The van der Waals surface area contributed by atoms with Crippen LogP contribution in [0.2, 0.25) is 0 Å². The molecule has 22 heavy (non-hydrogen) atoms. The Hall–Kier alpha value is -2.01. The maximum atomic E-state index is 9.83. The summed E-state index contributed by atoms with van der Waals surface area (Å²) in [7, 11) is 0. The van der Waals surface area contributed by atoms with Gasteiger partial charge in [-0.1, -0.05) is 22.0 Å². The number of nitrogens with zero attached hydrogens (tertiary/aromatic N) is 1. The summed E-state index contributed by atoms with van der Waals surface area (Å²) >= 11 is 3.39. The van der Waals surface area contributed by atoms with E-state index in [-0.39, 0.29) is 11.8 Å². The number of aliphatic imine (C=N–C) groups is 1. The van der Waals surface area contributed by atoms with Crippen molar-refractivity contribution in [2.75, 3.05) is 13.2 Å². The van der Waals surface area contributed by atoms with Crippen molar-refractivity contribution in [2.24, 2.45) is 4.99 Å². The van der Waals surface area contributed by atoms with E-state index in [0.717, 1.165) is 21.5 Å². The Morgan fingerprint density at radius 3 is 2.73 bits per heavy atom. The second kappa shape index (κ2) is 6.40. The van der Waals surface area contributed by atoms with Gasteiger partial charge in [0.05, 0.1) is 6.04 Å². The van der Waals surface area contributed by atoms with Gasteiger partial charge in [0.15, 0.2) is 11.5 Å². The molecule has 0 aliphatic carbocycles. The van der Waals surface area contributed by atoms with Gasteiger partial charge in [-0.15, -0.1) is 0 Å². The Bertz CT molecular complexity index is 715. The molecule has 1 heterocycles. The molecule has 5 heteroatoms. The summed E-state index contributed by atoms with van der Waals surface area (Å²) in [5.74, 6) is 1.74. The van der Waals surface area contributed by atoms with Crippen LogP contribution in [0.15, 0.2) is 45.9 Å². The Balaban J connectivity index is 1.80. The van der Waals surface area contributed by atoms with E-state index in [1.807, 2.05) is 31.2 Å². The number of hydrogen-bond donors (Lipinski definition) is 1. The van der Waals surface area contributed by atoms with Gasteiger partial charge < -0.3 is 14.6 Å². The fourth-order valence-corrected chi connectivity index (χ4v) is 2.61. The van der Waals surface area contributed by atoms with E-state index in [0.29, 0.717) is 18.8 Å². The topological polar surface area (TPSA) is 51.1 Å². The molecule has 0 saturated heterocycles. The molecule has 1 aliphatic rings. The van der Waals surface area contributed by atoms with Crippen molar-refractivity contribution in [1.82, 2.24) is 0 Å². The van der Waals surface area contributed by atoms with Crippen molar-refractivity contribution in [3.8, 4) is 17.2 Å². The van der Waals surface area contributed by atoms with Crippen molar-refractivity contribution in [3.05, 3.63) is 52.0 Å². The Morgan fingerprint density at radius 1 is 1.14 bits per heavy atom. The van der Waals surface area contributed by atoms with Gasteiger partial charge in [0.2, 0.25) is 0 Å². The Labute approximate surface area is 137 Å². The summed E-state index contributed by atoms with van der Waals surface area (Å²) in [6.45, 7) is 3.15. The lowest BCUT2D eigenvalue weighted by Crippen LogP contribution is -2.15. The highest BCUT2D eigenvalue weighted by Gasteiger charge is 2.13. The first kappa shape index (κ1) is 14.9. The van der Waals surface area contributed by atoms with Crippen LogP contribution >= 0.6 is 15.9 Å². The quantitative estimate of drug-likeness (QED) is 0.837. The Morgan fingerprint density at radius 2 is 1.91 bits per heavy atom. The first-order valence-corrected chi connectivity index (χ1v) is 7.84. The van der Waals surface area contributed by atoms with Gasteiger partial charge in [-0.3, -0.25) is 4.99 Å². The molecule has 114 valence electrons. The monoisotopic (exact) mass is 361 g/mol. The number of rotatable bonds is 3. The number of hydrogen-bond acceptors (Lipinski definition) is 4. The molecule has 0 spiro atoms. The third-order valence-corrected chi connectivity index (χ3v) is 3.97. The minimum atomic E-state index is -0.0470. The second-order valence-electron chi connectivity index (χ2n) is 5.06. The van der Waals surface area contributed by atoms with Crippen LogP contribution in [0, 0.1) is 0 Å². The predicted molar refractivity (Wildman–Crippen MR) is 89.2 cm³/mol. The molecule has 2 aromatic carbocycles. The summed E-state index contributed by atoms with van der Waals surface area (Å²) in [4.78, 5) is 4.51. The highest BCUT2D eigenvalue weighted by atomic mass is 79.9. The SMILES string of the molecule is C[C@H](N=Cc1cc(Br)ccc1O)c1ccc2c(c1)OCCO2. The maximum Gasteiger partial charge on any atom is 0.161 e. The lowest BCUT2D eigenvalue weighted by molar-refractivity contribution is 0.171. The number of phenols is 1. The van der Waals surface area contributed by atoms with Crippen LogP contribution in [0.1, 0.15) is 24.1 Å². The highest BCUT2D eigenvalue weighted by Crippen LogP contribution is 2.33. The zero-order chi connectivity index (χ0) is 15.5. The standard InChI is InChI=1S/C17H16BrNO3/c1-11(19-10-13-8-14(18)3-4-15(13)20)12-2-5-16-17(9-12)22-7-6-21-16/h2-5,8-11,20H,6-7H2,1H3/t11-/m0/s1. The van der Waals surface area contributed by atoms with Crippen molar-refractivity contribution >= 4 is 22.1 Å². The fraction of sp³-hybridized carbons (Fsp3) is 0.235. The lowest BCUT2D eigenvalue weighted by atomic mass is 10.1. The molecule has 0 fully saturated rings. The van der Waals surface area contributed by atoms with Crippen molar-refractivity contribution in [3.63, 3.8) is 0 Å². The van der Waals surface area contributed by atoms with E-state index in [9.17, 15) is 5.11 Å². The van der Waals surface area contributed by atoms with Crippen molar-refractivity contribution in [2.45, 2.75) is 13.0 Å². The van der Waals surface area contributed by atoms with Crippen molar-refractivity contribution < 1.29 is 14.6 Å². The molecule has 0 aromatic heterocycles. The molecule has 1 aliphatic heterocycles. The molecule has 0 bridgehead atoms. The van der Waals surface area contributed by atoms with Gasteiger partial charge in [-0.2, -0.15) is 0 Å². The number of benzene rings is 2. The molecule has 0 unspecified atom stereocenters. The smallest absolute Gasteiger partial charge is 0.161 e. The second-order valence-corrected chi connectivity index (χ2v) is 5.98. The third kappa shape index (κ3) is 3.25. The molecule has 3 rings (SSSR count). The molecule has 0 amide bonds. The van der Waals surface area contributed by atoms with Gasteiger partial charge in [0.25, 0.3) is 0 Å². The molecule has 1 atom stereocenters. The lowest BCUT2D eigenvalue weighted by Gasteiger charge is -2.19. The van der Waals surface area contributed by atoms with E-state index in [1.54, 1.807) is 18.3 Å². The van der Waals surface area contributed by atoms with Crippen LogP contribution < -0.4 is 9.47 Å². The van der Waals surface area contributed by atoms with E-state index >= 15 is 0 Å². The summed E-state index contributed by atoms with van der Waals surface area (Å²) in [6.07, 6.45) is 1.68.